The fraction of sp³-hybridized carbons (Fsp3) is 0.350. The monoisotopic (exact) mass is 387 g/mol. The van der Waals surface area contributed by atoms with Crippen molar-refractivity contribution in [1.29, 1.82) is 0 Å². The van der Waals surface area contributed by atoms with E-state index in [2.05, 4.69) is 29.3 Å². The fourth-order valence-electron chi connectivity index (χ4n) is 3.28. The first-order valence-electron chi connectivity index (χ1n) is 8.96. The lowest BCUT2D eigenvalue weighted by Gasteiger charge is -2.36. The van der Waals surface area contributed by atoms with Crippen molar-refractivity contribution >= 4 is 27.3 Å². The summed E-state index contributed by atoms with van der Waals surface area (Å²) in [7, 11) is -0.496. The van der Waals surface area contributed by atoms with Gasteiger partial charge in [-0.05, 0) is 55.7 Å². The Balaban J connectivity index is 1.70. The molecule has 3 rings (SSSR count). The third-order valence-electron chi connectivity index (χ3n) is 4.90. The maximum absolute atomic E-state index is 12.5. The number of hydrogen-bond acceptors (Lipinski definition) is 4. The molecule has 1 aliphatic rings. The Morgan fingerprint density at radius 2 is 1.81 bits per heavy atom. The Bertz CT molecular complexity index is 924. The molecule has 6 nitrogen and oxygen atoms in total. The molecule has 1 heterocycles. The number of rotatable bonds is 5. The molecule has 1 aliphatic heterocycles. The summed E-state index contributed by atoms with van der Waals surface area (Å²) in [6.45, 7) is 2.39. The summed E-state index contributed by atoms with van der Waals surface area (Å²) in [5, 5.41) is 2.86. The molecule has 0 saturated carbocycles. The van der Waals surface area contributed by atoms with Gasteiger partial charge in [0.15, 0.2) is 0 Å². The molecule has 2 aromatic carbocycles. The van der Waals surface area contributed by atoms with Crippen molar-refractivity contribution in [3.8, 4) is 0 Å². The molecule has 0 saturated heterocycles. The minimum atomic E-state index is -3.47. The zero-order valence-electron chi connectivity index (χ0n) is 15.8. The smallest absolute Gasteiger partial charge is 0.243 e. The standard InChI is InChI=1S/C20H25N3O3S/c1-15-8-9-16-6-4-5-7-19(16)23(15)14-20(24)21-17-10-12-18(13-11-17)27(25,26)22(2)3/h4-7,10-13,15H,8-9,14H2,1-3H3,(H,21,24)/t15-/m0/s1. The van der Waals surface area contributed by atoms with E-state index in [1.165, 1.54) is 31.8 Å². The predicted molar refractivity (Wildman–Crippen MR) is 108 cm³/mol. The van der Waals surface area contributed by atoms with Gasteiger partial charge in [-0.3, -0.25) is 4.79 Å². The van der Waals surface area contributed by atoms with Gasteiger partial charge in [-0.25, -0.2) is 12.7 Å². The summed E-state index contributed by atoms with van der Waals surface area (Å²) in [6.07, 6.45) is 2.04. The molecule has 0 spiro atoms. The average Bonchev–Trinajstić information content (AvgIpc) is 2.64. The van der Waals surface area contributed by atoms with E-state index in [4.69, 9.17) is 0 Å². The number of aryl methyl sites for hydroxylation is 1. The fourth-order valence-corrected chi connectivity index (χ4v) is 4.18. The van der Waals surface area contributed by atoms with Gasteiger partial charge >= 0.3 is 0 Å². The summed E-state index contributed by atoms with van der Waals surface area (Å²) >= 11 is 0. The highest BCUT2D eigenvalue weighted by Crippen LogP contribution is 2.30. The minimum absolute atomic E-state index is 0.123. The molecule has 0 unspecified atom stereocenters. The first-order chi connectivity index (χ1) is 12.8. The van der Waals surface area contributed by atoms with Crippen LogP contribution in [-0.2, 0) is 21.2 Å². The van der Waals surface area contributed by atoms with E-state index >= 15 is 0 Å². The predicted octanol–water partition coefficient (Wildman–Crippen LogP) is 2.72. The molecular weight excluding hydrogens is 362 g/mol. The number of sulfonamides is 1. The van der Waals surface area contributed by atoms with Gasteiger partial charge < -0.3 is 10.2 Å². The number of hydrogen-bond donors (Lipinski definition) is 1. The lowest BCUT2D eigenvalue weighted by molar-refractivity contribution is -0.115. The maximum atomic E-state index is 12.5. The van der Waals surface area contributed by atoms with Gasteiger partial charge in [0.25, 0.3) is 0 Å². The van der Waals surface area contributed by atoms with Gasteiger partial charge in [-0.2, -0.15) is 0 Å². The molecule has 0 radical (unpaired) electrons. The summed E-state index contributed by atoms with van der Waals surface area (Å²) in [5.41, 5.74) is 2.95. The van der Waals surface area contributed by atoms with Gasteiger partial charge in [-0.15, -0.1) is 0 Å². The lowest BCUT2D eigenvalue weighted by Crippen LogP contribution is -2.42. The Labute approximate surface area is 160 Å². The highest BCUT2D eigenvalue weighted by molar-refractivity contribution is 7.89. The van der Waals surface area contributed by atoms with Crippen molar-refractivity contribution in [3.05, 3.63) is 54.1 Å². The highest BCUT2D eigenvalue weighted by atomic mass is 32.2. The largest absolute Gasteiger partial charge is 0.359 e. The molecule has 1 amide bonds. The summed E-state index contributed by atoms with van der Waals surface area (Å²) < 4.78 is 25.4. The third kappa shape index (κ3) is 4.14. The number of benzene rings is 2. The third-order valence-corrected chi connectivity index (χ3v) is 6.72. The molecule has 7 heteroatoms. The van der Waals surface area contributed by atoms with Crippen LogP contribution in [0.1, 0.15) is 18.9 Å². The number of carbonyl (C=O) groups excluding carboxylic acids is 1. The molecule has 1 atom stereocenters. The summed E-state index contributed by atoms with van der Waals surface area (Å²) in [6, 6.07) is 14.7. The lowest BCUT2D eigenvalue weighted by atomic mass is 9.96. The van der Waals surface area contributed by atoms with Crippen LogP contribution < -0.4 is 10.2 Å². The van der Waals surface area contributed by atoms with Crippen LogP contribution in [0, 0.1) is 0 Å². The van der Waals surface area contributed by atoms with Crippen molar-refractivity contribution in [2.45, 2.75) is 30.7 Å². The molecule has 2 aromatic rings. The van der Waals surface area contributed by atoms with Crippen LogP contribution >= 0.6 is 0 Å². The number of para-hydroxylation sites is 1. The summed E-state index contributed by atoms with van der Waals surface area (Å²) in [4.78, 5) is 14.9. The second-order valence-corrected chi connectivity index (χ2v) is 9.16. The van der Waals surface area contributed by atoms with Crippen molar-refractivity contribution in [2.24, 2.45) is 0 Å². The van der Waals surface area contributed by atoms with Crippen molar-refractivity contribution < 1.29 is 13.2 Å². The van der Waals surface area contributed by atoms with Gasteiger partial charge in [-0.1, -0.05) is 18.2 Å². The second kappa shape index (κ2) is 7.70. The highest BCUT2D eigenvalue weighted by Gasteiger charge is 2.24. The zero-order chi connectivity index (χ0) is 19.6. The van der Waals surface area contributed by atoms with Crippen LogP contribution in [0.2, 0.25) is 0 Å². The quantitative estimate of drug-likeness (QED) is 0.856. The van der Waals surface area contributed by atoms with E-state index < -0.39 is 10.0 Å². The van der Waals surface area contributed by atoms with E-state index in [1.807, 2.05) is 12.1 Å². The number of anilines is 2. The van der Waals surface area contributed by atoms with Crippen LogP contribution in [-0.4, -0.2) is 45.3 Å². The Hall–Kier alpha value is -2.38. The SMILES string of the molecule is C[C@H]1CCc2ccccc2N1CC(=O)Nc1ccc(S(=O)(=O)N(C)C)cc1. The van der Waals surface area contributed by atoms with Crippen LogP contribution in [0.25, 0.3) is 0 Å². The van der Waals surface area contributed by atoms with Gasteiger partial charge in [0, 0.05) is 31.5 Å². The molecule has 27 heavy (non-hydrogen) atoms. The second-order valence-electron chi connectivity index (χ2n) is 7.00. The first kappa shape index (κ1) is 19.4. The van der Waals surface area contributed by atoms with E-state index in [-0.39, 0.29) is 17.3 Å². The van der Waals surface area contributed by atoms with Crippen molar-refractivity contribution in [1.82, 2.24) is 4.31 Å². The number of carbonyl (C=O) groups is 1. The topological polar surface area (TPSA) is 69.7 Å². The van der Waals surface area contributed by atoms with Crippen LogP contribution in [0.15, 0.2) is 53.4 Å². The van der Waals surface area contributed by atoms with E-state index in [9.17, 15) is 13.2 Å². The van der Waals surface area contributed by atoms with Gasteiger partial charge in [0.05, 0.1) is 11.4 Å². The Morgan fingerprint density at radius 3 is 2.48 bits per heavy atom. The Morgan fingerprint density at radius 1 is 1.15 bits per heavy atom. The van der Waals surface area contributed by atoms with Crippen LogP contribution in [0.5, 0.6) is 0 Å². The minimum Gasteiger partial charge on any atom is -0.359 e. The van der Waals surface area contributed by atoms with Crippen LogP contribution in [0.3, 0.4) is 0 Å². The van der Waals surface area contributed by atoms with E-state index in [0.717, 1.165) is 22.8 Å². The molecule has 0 fully saturated rings. The molecule has 0 aromatic heterocycles. The van der Waals surface area contributed by atoms with Crippen molar-refractivity contribution in [3.63, 3.8) is 0 Å². The molecule has 144 valence electrons. The molecular formula is C20H25N3O3S. The number of fused-ring (bicyclic) bond motifs is 1. The number of nitrogens with zero attached hydrogens (tertiary/aromatic N) is 2. The van der Waals surface area contributed by atoms with E-state index in [0.29, 0.717) is 11.7 Å². The van der Waals surface area contributed by atoms with Gasteiger partial charge in [0.1, 0.15) is 0 Å². The number of nitrogens with one attached hydrogen (secondary N) is 1. The van der Waals surface area contributed by atoms with Gasteiger partial charge in [0.2, 0.25) is 15.9 Å². The molecule has 1 N–H and O–H groups in total. The molecule has 0 bridgehead atoms. The van der Waals surface area contributed by atoms with Crippen LogP contribution in [0.4, 0.5) is 11.4 Å². The zero-order valence-corrected chi connectivity index (χ0v) is 16.7. The first-order valence-corrected chi connectivity index (χ1v) is 10.4. The van der Waals surface area contributed by atoms with Crippen molar-refractivity contribution in [2.75, 3.05) is 30.9 Å². The number of amides is 1. The summed E-state index contributed by atoms with van der Waals surface area (Å²) in [5.74, 6) is -0.123. The maximum Gasteiger partial charge on any atom is 0.243 e. The average molecular weight is 388 g/mol. The normalized spacial score (nSPS) is 16.9. The molecule has 0 aliphatic carbocycles. The Kier molecular flexibility index (Phi) is 5.53. The van der Waals surface area contributed by atoms with E-state index in [1.54, 1.807) is 12.1 Å².